The van der Waals surface area contributed by atoms with Gasteiger partial charge in [-0.25, -0.2) is 5.90 Å². The van der Waals surface area contributed by atoms with E-state index in [0.29, 0.717) is 11.5 Å². The van der Waals surface area contributed by atoms with Crippen LogP contribution in [0.15, 0.2) is 0 Å². The zero-order valence-corrected chi connectivity index (χ0v) is 9.05. The maximum Gasteiger partial charge on any atom is 0.0708 e. The summed E-state index contributed by atoms with van der Waals surface area (Å²) in [6, 6.07) is 0. The van der Waals surface area contributed by atoms with Gasteiger partial charge in [0.05, 0.1) is 6.61 Å². The third kappa shape index (κ3) is 3.25. The third-order valence-electron chi connectivity index (χ3n) is 2.90. The molecule has 0 aromatic heterocycles. The van der Waals surface area contributed by atoms with Gasteiger partial charge in [0.1, 0.15) is 0 Å². The van der Waals surface area contributed by atoms with Crippen LogP contribution in [0.3, 0.4) is 0 Å². The number of hydrogen-bond donors (Lipinski definition) is 1. The second-order valence-electron chi connectivity index (χ2n) is 4.93. The lowest BCUT2D eigenvalue weighted by Crippen LogP contribution is -2.46. The molecule has 0 aromatic rings. The van der Waals surface area contributed by atoms with Crippen LogP contribution in [0.4, 0.5) is 0 Å². The minimum atomic E-state index is 0.314. The zero-order chi connectivity index (χ0) is 9.90. The Kier molecular flexibility index (Phi) is 3.71. The molecule has 1 rings (SSSR count). The van der Waals surface area contributed by atoms with Crippen LogP contribution in [0.25, 0.3) is 0 Å². The molecule has 0 radical (unpaired) electrons. The van der Waals surface area contributed by atoms with Crippen LogP contribution >= 0.6 is 0 Å². The number of piperidine rings is 1. The molecule has 13 heavy (non-hydrogen) atoms. The Morgan fingerprint density at radius 1 is 1.31 bits per heavy atom. The van der Waals surface area contributed by atoms with Crippen molar-refractivity contribution in [3.05, 3.63) is 0 Å². The van der Waals surface area contributed by atoms with Gasteiger partial charge in [0.15, 0.2) is 0 Å². The van der Waals surface area contributed by atoms with E-state index < -0.39 is 0 Å². The van der Waals surface area contributed by atoms with Crippen LogP contribution in [0.5, 0.6) is 0 Å². The van der Waals surface area contributed by atoms with E-state index >= 15 is 0 Å². The van der Waals surface area contributed by atoms with Gasteiger partial charge in [-0.05, 0) is 52.6 Å². The summed E-state index contributed by atoms with van der Waals surface area (Å²) < 4.78 is 0. The van der Waals surface area contributed by atoms with Crippen LogP contribution in [-0.2, 0) is 4.84 Å². The largest absolute Gasteiger partial charge is 0.304 e. The summed E-state index contributed by atoms with van der Waals surface area (Å²) in [4.78, 5) is 7.21. The van der Waals surface area contributed by atoms with Gasteiger partial charge in [-0.3, -0.25) is 4.90 Å². The van der Waals surface area contributed by atoms with E-state index in [1.807, 2.05) is 0 Å². The summed E-state index contributed by atoms with van der Waals surface area (Å²) >= 11 is 0. The quantitative estimate of drug-likeness (QED) is 0.662. The van der Waals surface area contributed by atoms with Gasteiger partial charge >= 0.3 is 0 Å². The fraction of sp³-hybridized carbons (Fsp3) is 1.00. The molecule has 1 saturated heterocycles. The molecule has 0 aromatic carbocycles. The number of nitrogens with two attached hydrogens (primary N) is 1. The van der Waals surface area contributed by atoms with Crippen LogP contribution in [-0.4, -0.2) is 30.1 Å². The lowest BCUT2D eigenvalue weighted by molar-refractivity contribution is 0.0392. The van der Waals surface area contributed by atoms with E-state index in [1.165, 1.54) is 25.9 Å². The predicted molar refractivity (Wildman–Crippen MR) is 54.2 cm³/mol. The molecule has 78 valence electrons. The van der Waals surface area contributed by atoms with E-state index in [9.17, 15) is 0 Å². The fourth-order valence-corrected chi connectivity index (χ4v) is 1.91. The highest BCUT2D eigenvalue weighted by molar-refractivity contribution is 4.81. The number of hydrogen-bond acceptors (Lipinski definition) is 3. The molecule has 1 aliphatic heterocycles. The number of likely N-dealkylation sites (tertiary alicyclic amines) is 1. The normalized spacial score (nSPS) is 22.2. The molecule has 2 N–H and O–H groups in total. The number of nitrogens with zero attached hydrogens (tertiary/aromatic N) is 1. The molecule has 0 amide bonds. The molecule has 1 aliphatic rings. The Morgan fingerprint density at radius 3 is 2.23 bits per heavy atom. The van der Waals surface area contributed by atoms with E-state index in [-0.39, 0.29) is 0 Å². The van der Waals surface area contributed by atoms with Crippen molar-refractivity contribution >= 4 is 0 Å². The first-order chi connectivity index (χ1) is 6.04. The highest BCUT2D eigenvalue weighted by Gasteiger charge is 2.26. The van der Waals surface area contributed by atoms with Crippen LogP contribution in [0.1, 0.15) is 33.6 Å². The third-order valence-corrected chi connectivity index (χ3v) is 2.90. The first kappa shape index (κ1) is 11.0. The first-order valence-corrected chi connectivity index (χ1v) is 5.11. The van der Waals surface area contributed by atoms with Crippen molar-refractivity contribution in [2.45, 2.75) is 39.2 Å². The minimum absolute atomic E-state index is 0.314. The second kappa shape index (κ2) is 4.40. The van der Waals surface area contributed by atoms with E-state index in [2.05, 4.69) is 30.5 Å². The predicted octanol–water partition coefficient (Wildman–Crippen LogP) is 1.39. The molecular weight excluding hydrogens is 164 g/mol. The molecule has 0 spiro atoms. The van der Waals surface area contributed by atoms with Crippen molar-refractivity contribution in [1.82, 2.24) is 4.90 Å². The standard InChI is InChI=1S/C10H22N2O/c1-10(2,3)12-6-4-9(5-7-12)8-13-11/h9H,4-8,11H2,1-3H3. The summed E-state index contributed by atoms with van der Waals surface area (Å²) in [5.41, 5.74) is 0.314. The fourth-order valence-electron chi connectivity index (χ4n) is 1.91. The Morgan fingerprint density at radius 2 is 1.85 bits per heavy atom. The summed E-state index contributed by atoms with van der Waals surface area (Å²) in [6.07, 6.45) is 2.43. The Labute approximate surface area is 81.2 Å². The summed E-state index contributed by atoms with van der Waals surface area (Å²) in [5, 5.41) is 0. The minimum Gasteiger partial charge on any atom is -0.304 e. The summed E-state index contributed by atoms with van der Waals surface area (Å²) in [6.45, 7) is 9.89. The first-order valence-electron chi connectivity index (χ1n) is 5.11. The Balaban J connectivity index is 2.30. The van der Waals surface area contributed by atoms with Crippen molar-refractivity contribution in [2.75, 3.05) is 19.7 Å². The highest BCUT2D eigenvalue weighted by atomic mass is 16.6. The van der Waals surface area contributed by atoms with Crippen molar-refractivity contribution in [2.24, 2.45) is 11.8 Å². The van der Waals surface area contributed by atoms with Gasteiger partial charge in [0, 0.05) is 5.54 Å². The number of rotatable bonds is 2. The average Bonchev–Trinajstić information content (AvgIpc) is 2.04. The van der Waals surface area contributed by atoms with Crippen LogP contribution < -0.4 is 5.90 Å². The summed E-state index contributed by atoms with van der Waals surface area (Å²) in [7, 11) is 0. The van der Waals surface area contributed by atoms with Gasteiger partial charge in [-0.2, -0.15) is 0 Å². The van der Waals surface area contributed by atoms with Gasteiger partial charge in [0.25, 0.3) is 0 Å². The van der Waals surface area contributed by atoms with E-state index in [1.54, 1.807) is 0 Å². The van der Waals surface area contributed by atoms with Gasteiger partial charge in [-0.15, -0.1) is 0 Å². The molecule has 3 heteroatoms. The van der Waals surface area contributed by atoms with Gasteiger partial charge in [-0.1, -0.05) is 0 Å². The maximum atomic E-state index is 5.07. The topological polar surface area (TPSA) is 38.5 Å². The zero-order valence-electron chi connectivity index (χ0n) is 9.05. The highest BCUT2D eigenvalue weighted by Crippen LogP contribution is 2.23. The van der Waals surface area contributed by atoms with Crippen molar-refractivity contribution in [3.8, 4) is 0 Å². The van der Waals surface area contributed by atoms with Gasteiger partial charge in [0.2, 0.25) is 0 Å². The molecule has 0 saturated carbocycles. The van der Waals surface area contributed by atoms with Crippen molar-refractivity contribution in [1.29, 1.82) is 0 Å². The molecule has 1 heterocycles. The molecule has 0 bridgehead atoms. The molecule has 0 atom stereocenters. The molecule has 3 nitrogen and oxygen atoms in total. The monoisotopic (exact) mass is 186 g/mol. The van der Waals surface area contributed by atoms with Crippen molar-refractivity contribution < 1.29 is 4.84 Å². The Bertz CT molecular complexity index is 145. The van der Waals surface area contributed by atoms with Crippen LogP contribution in [0.2, 0.25) is 0 Å². The molecular formula is C10H22N2O. The lowest BCUT2D eigenvalue weighted by Gasteiger charge is -2.40. The Hall–Kier alpha value is -0.120. The van der Waals surface area contributed by atoms with E-state index in [0.717, 1.165) is 6.61 Å². The second-order valence-corrected chi connectivity index (χ2v) is 4.93. The van der Waals surface area contributed by atoms with Gasteiger partial charge < -0.3 is 4.84 Å². The smallest absolute Gasteiger partial charge is 0.0708 e. The molecule has 0 unspecified atom stereocenters. The molecule has 0 aliphatic carbocycles. The maximum absolute atomic E-state index is 5.07. The SMILES string of the molecule is CC(C)(C)N1CCC(CON)CC1. The molecule has 1 fully saturated rings. The summed E-state index contributed by atoms with van der Waals surface area (Å²) in [5.74, 6) is 5.74. The average molecular weight is 186 g/mol. The van der Waals surface area contributed by atoms with Crippen LogP contribution in [0, 0.1) is 5.92 Å². The lowest BCUT2D eigenvalue weighted by atomic mass is 9.94. The van der Waals surface area contributed by atoms with Crippen molar-refractivity contribution in [3.63, 3.8) is 0 Å². The van der Waals surface area contributed by atoms with E-state index in [4.69, 9.17) is 5.90 Å².